The van der Waals surface area contributed by atoms with Gasteiger partial charge in [-0.1, -0.05) is 30.3 Å². The van der Waals surface area contributed by atoms with Crippen LogP contribution < -0.4 is 0 Å². The molecule has 1 aliphatic rings. The van der Waals surface area contributed by atoms with Crippen LogP contribution in [0.2, 0.25) is 0 Å². The van der Waals surface area contributed by atoms with Gasteiger partial charge in [-0.25, -0.2) is 4.79 Å². The van der Waals surface area contributed by atoms with Gasteiger partial charge in [0.15, 0.2) is 0 Å². The van der Waals surface area contributed by atoms with Gasteiger partial charge >= 0.3 is 5.97 Å². The molecule has 0 aromatic heterocycles. The number of cyclic esters (lactones) is 1. The van der Waals surface area contributed by atoms with Crippen LogP contribution in [-0.4, -0.2) is 18.9 Å². The molecule has 88 valence electrons. The van der Waals surface area contributed by atoms with E-state index < -0.39 is 0 Å². The van der Waals surface area contributed by atoms with Crippen molar-refractivity contribution in [1.82, 2.24) is 0 Å². The van der Waals surface area contributed by atoms with E-state index in [4.69, 9.17) is 4.74 Å². The van der Waals surface area contributed by atoms with Gasteiger partial charge in [0.05, 0.1) is 6.61 Å². The number of allylic oxidation sites excluding steroid dienone is 1. The normalized spacial score (nSPS) is 22.2. The minimum Gasteiger partial charge on any atom is -0.462 e. The molecule has 0 N–H and O–H groups in total. The second-order valence-corrected chi connectivity index (χ2v) is 4.10. The molecule has 1 saturated heterocycles. The molecule has 3 nitrogen and oxygen atoms in total. The van der Waals surface area contributed by atoms with Crippen molar-refractivity contribution >= 4 is 17.8 Å². The van der Waals surface area contributed by atoms with Gasteiger partial charge in [-0.15, -0.1) is 0 Å². The van der Waals surface area contributed by atoms with Crippen LogP contribution in [0, 0.1) is 5.92 Å². The van der Waals surface area contributed by atoms with Crippen LogP contribution in [0.25, 0.3) is 5.57 Å². The van der Waals surface area contributed by atoms with E-state index in [0.29, 0.717) is 18.6 Å². The Kier molecular flexibility index (Phi) is 3.38. The molecule has 1 heterocycles. The quantitative estimate of drug-likeness (QED) is 0.454. The van der Waals surface area contributed by atoms with Gasteiger partial charge < -0.3 is 9.53 Å². The van der Waals surface area contributed by atoms with Crippen molar-refractivity contribution in [2.24, 2.45) is 5.92 Å². The minimum absolute atomic E-state index is 0.0970. The van der Waals surface area contributed by atoms with E-state index in [0.717, 1.165) is 17.4 Å². The summed E-state index contributed by atoms with van der Waals surface area (Å²) in [5.41, 5.74) is 2.54. The largest absolute Gasteiger partial charge is 0.462 e. The standard InChI is InChI=1S/C14H14O3/c1-10(11-5-3-2-4-6-11)13-12(7-8-15)9-17-14(13)16/h2-6,8,12H,7,9H2,1H3/b13-10+. The highest BCUT2D eigenvalue weighted by Gasteiger charge is 2.32. The predicted octanol–water partition coefficient (Wildman–Crippen LogP) is 2.22. The number of esters is 1. The summed E-state index contributed by atoms with van der Waals surface area (Å²) in [7, 11) is 0. The number of ether oxygens (including phenoxy) is 1. The number of carbonyl (C=O) groups is 2. The molecular weight excluding hydrogens is 216 g/mol. The lowest BCUT2D eigenvalue weighted by molar-refractivity contribution is -0.135. The Hall–Kier alpha value is -1.90. The zero-order valence-corrected chi connectivity index (χ0v) is 9.68. The highest BCUT2D eigenvalue weighted by molar-refractivity contribution is 5.99. The van der Waals surface area contributed by atoms with Gasteiger partial charge in [0.2, 0.25) is 0 Å². The summed E-state index contributed by atoms with van der Waals surface area (Å²) in [4.78, 5) is 22.3. The van der Waals surface area contributed by atoms with E-state index in [1.54, 1.807) is 0 Å². The first-order chi connectivity index (χ1) is 8.24. The van der Waals surface area contributed by atoms with Gasteiger partial charge in [-0.05, 0) is 18.1 Å². The van der Waals surface area contributed by atoms with Crippen LogP contribution in [0.15, 0.2) is 35.9 Å². The monoisotopic (exact) mass is 230 g/mol. The van der Waals surface area contributed by atoms with Crippen molar-refractivity contribution in [3.05, 3.63) is 41.5 Å². The number of benzene rings is 1. The van der Waals surface area contributed by atoms with Gasteiger partial charge in [0, 0.05) is 17.9 Å². The van der Waals surface area contributed by atoms with E-state index in [1.165, 1.54) is 0 Å². The average Bonchev–Trinajstić information content (AvgIpc) is 2.71. The van der Waals surface area contributed by atoms with E-state index in [-0.39, 0.29) is 11.9 Å². The maximum Gasteiger partial charge on any atom is 0.334 e. The van der Waals surface area contributed by atoms with Crippen molar-refractivity contribution in [2.45, 2.75) is 13.3 Å². The van der Waals surface area contributed by atoms with Gasteiger partial charge in [-0.3, -0.25) is 0 Å². The minimum atomic E-state index is -0.293. The first kappa shape index (κ1) is 11.6. The van der Waals surface area contributed by atoms with Crippen molar-refractivity contribution in [3.8, 4) is 0 Å². The summed E-state index contributed by atoms with van der Waals surface area (Å²) < 4.78 is 5.02. The topological polar surface area (TPSA) is 43.4 Å². The Bertz CT molecular complexity index is 460. The molecule has 0 aliphatic carbocycles. The van der Waals surface area contributed by atoms with Crippen LogP contribution in [0.3, 0.4) is 0 Å². The third-order valence-corrected chi connectivity index (χ3v) is 3.04. The third kappa shape index (κ3) is 2.28. The SMILES string of the molecule is C/C(=C1\C(=O)OCC1CC=O)c1ccccc1. The lowest BCUT2D eigenvalue weighted by Gasteiger charge is -2.08. The number of hydrogen-bond donors (Lipinski definition) is 0. The van der Waals surface area contributed by atoms with Gasteiger partial charge in [0.1, 0.15) is 6.29 Å². The van der Waals surface area contributed by atoms with Crippen LogP contribution >= 0.6 is 0 Å². The van der Waals surface area contributed by atoms with E-state index >= 15 is 0 Å². The Morgan fingerprint density at radius 2 is 2.12 bits per heavy atom. The molecule has 1 aromatic carbocycles. The van der Waals surface area contributed by atoms with E-state index in [2.05, 4.69) is 0 Å². The molecule has 1 aliphatic heterocycles. The Morgan fingerprint density at radius 3 is 2.76 bits per heavy atom. The molecule has 1 fully saturated rings. The van der Waals surface area contributed by atoms with Crippen LogP contribution in [0.5, 0.6) is 0 Å². The smallest absolute Gasteiger partial charge is 0.334 e. The summed E-state index contributed by atoms with van der Waals surface area (Å²) in [6.07, 6.45) is 1.18. The van der Waals surface area contributed by atoms with Crippen molar-refractivity contribution in [2.75, 3.05) is 6.61 Å². The molecule has 2 rings (SSSR count). The maximum absolute atomic E-state index is 11.7. The average molecular weight is 230 g/mol. The molecule has 3 heteroatoms. The Labute approximate surface area is 100 Å². The predicted molar refractivity (Wildman–Crippen MR) is 64.2 cm³/mol. The summed E-state index contributed by atoms with van der Waals surface area (Å²) >= 11 is 0. The highest BCUT2D eigenvalue weighted by Crippen LogP contribution is 2.31. The number of rotatable bonds is 3. The highest BCUT2D eigenvalue weighted by atomic mass is 16.5. The Morgan fingerprint density at radius 1 is 1.41 bits per heavy atom. The lowest BCUT2D eigenvalue weighted by atomic mass is 9.92. The fraction of sp³-hybridized carbons (Fsp3) is 0.286. The Balaban J connectivity index is 2.41. The van der Waals surface area contributed by atoms with E-state index in [1.807, 2.05) is 37.3 Å². The second-order valence-electron chi connectivity index (χ2n) is 4.10. The van der Waals surface area contributed by atoms with Crippen molar-refractivity contribution in [3.63, 3.8) is 0 Å². The van der Waals surface area contributed by atoms with Gasteiger partial charge in [-0.2, -0.15) is 0 Å². The molecule has 0 saturated carbocycles. The van der Waals surface area contributed by atoms with Crippen molar-refractivity contribution in [1.29, 1.82) is 0 Å². The number of hydrogen-bond acceptors (Lipinski definition) is 3. The van der Waals surface area contributed by atoms with Gasteiger partial charge in [0.25, 0.3) is 0 Å². The molecule has 17 heavy (non-hydrogen) atoms. The zero-order valence-electron chi connectivity index (χ0n) is 9.68. The summed E-state index contributed by atoms with van der Waals surface area (Å²) in [5, 5.41) is 0. The molecule has 0 amide bonds. The molecule has 1 atom stereocenters. The molecule has 0 bridgehead atoms. The summed E-state index contributed by atoms with van der Waals surface area (Å²) in [6.45, 7) is 2.21. The number of carbonyl (C=O) groups excluding carboxylic acids is 2. The fourth-order valence-corrected chi connectivity index (χ4v) is 2.11. The lowest BCUT2D eigenvalue weighted by Crippen LogP contribution is -2.06. The van der Waals surface area contributed by atoms with Crippen molar-refractivity contribution < 1.29 is 14.3 Å². The summed E-state index contributed by atoms with van der Waals surface area (Å²) in [5.74, 6) is -0.390. The zero-order chi connectivity index (χ0) is 12.3. The van der Waals surface area contributed by atoms with E-state index in [9.17, 15) is 9.59 Å². The first-order valence-electron chi connectivity index (χ1n) is 5.61. The van der Waals surface area contributed by atoms with Crippen LogP contribution in [0.1, 0.15) is 18.9 Å². The number of aldehydes is 1. The first-order valence-corrected chi connectivity index (χ1v) is 5.61. The molecule has 1 aromatic rings. The molecule has 0 spiro atoms. The fourth-order valence-electron chi connectivity index (χ4n) is 2.11. The molecule has 1 unspecified atom stereocenters. The maximum atomic E-state index is 11.7. The third-order valence-electron chi connectivity index (χ3n) is 3.04. The van der Waals surface area contributed by atoms with Crippen LogP contribution in [-0.2, 0) is 14.3 Å². The second kappa shape index (κ2) is 4.95. The summed E-state index contributed by atoms with van der Waals surface area (Å²) in [6, 6.07) is 9.68. The molecule has 0 radical (unpaired) electrons. The molecular formula is C14H14O3. The van der Waals surface area contributed by atoms with Crippen LogP contribution in [0.4, 0.5) is 0 Å².